The van der Waals surface area contributed by atoms with Gasteiger partial charge in [0.2, 0.25) is 0 Å². The summed E-state index contributed by atoms with van der Waals surface area (Å²) in [4.78, 5) is 2.69. The third-order valence-corrected chi connectivity index (χ3v) is 5.78. The first-order valence-electron chi connectivity index (χ1n) is 8.26. The van der Waals surface area contributed by atoms with Crippen molar-refractivity contribution in [2.75, 3.05) is 13.1 Å². The van der Waals surface area contributed by atoms with Crippen LogP contribution in [0.25, 0.3) is 0 Å². The maximum atomic E-state index is 6.47. The van der Waals surface area contributed by atoms with Gasteiger partial charge in [-0.05, 0) is 56.2 Å². The zero-order chi connectivity index (χ0) is 15.0. The zero-order valence-corrected chi connectivity index (χ0v) is 14.2. The number of piperazine rings is 1. The van der Waals surface area contributed by atoms with E-state index in [9.17, 15) is 0 Å². The Bertz CT molecular complexity index is 512. The summed E-state index contributed by atoms with van der Waals surface area (Å²) in [5, 5.41) is 4.66. The number of rotatable bonds is 4. The molecule has 21 heavy (non-hydrogen) atoms. The number of hydrogen-bond donors (Lipinski definition) is 1. The van der Waals surface area contributed by atoms with Crippen LogP contribution in [-0.2, 0) is 6.54 Å². The third kappa shape index (κ3) is 3.13. The Balaban J connectivity index is 1.81. The normalized spacial score (nSPS) is 30.6. The van der Waals surface area contributed by atoms with Gasteiger partial charge in [-0.3, -0.25) is 4.90 Å². The first kappa shape index (κ1) is 15.3. The van der Waals surface area contributed by atoms with Gasteiger partial charge in [0.25, 0.3) is 0 Å². The molecule has 0 amide bonds. The van der Waals surface area contributed by atoms with Crippen molar-refractivity contribution in [3.05, 3.63) is 34.3 Å². The Hall–Kier alpha value is -0.570. The summed E-state index contributed by atoms with van der Waals surface area (Å²) in [6, 6.07) is 7.08. The molecule has 2 fully saturated rings. The van der Waals surface area contributed by atoms with Gasteiger partial charge < -0.3 is 5.32 Å². The molecule has 0 bridgehead atoms. The maximum Gasteiger partial charge on any atom is 0.0453 e. The Kier molecular flexibility index (Phi) is 4.31. The monoisotopic (exact) mass is 306 g/mol. The van der Waals surface area contributed by atoms with Gasteiger partial charge in [0.05, 0.1) is 0 Å². The standard InChI is InChI=1S/C18H27ClN2/c1-4-16-11-21(18(3,12-20-16)15-7-8-15)10-14-6-5-13(2)9-17(14)19/h5-6,9,15-16,20H,4,7-8,10-12H2,1-3H3. The number of halogens is 1. The molecule has 2 unspecified atom stereocenters. The van der Waals surface area contributed by atoms with Crippen molar-refractivity contribution >= 4 is 11.6 Å². The molecule has 1 aromatic rings. The highest BCUT2D eigenvalue weighted by molar-refractivity contribution is 6.31. The number of aryl methyl sites for hydroxylation is 1. The van der Waals surface area contributed by atoms with Crippen LogP contribution in [0.3, 0.4) is 0 Å². The molecule has 1 heterocycles. The fourth-order valence-corrected chi connectivity index (χ4v) is 3.91. The molecule has 1 N–H and O–H groups in total. The minimum absolute atomic E-state index is 0.292. The van der Waals surface area contributed by atoms with Crippen LogP contribution in [0.5, 0.6) is 0 Å². The van der Waals surface area contributed by atoms with E-state index in [0.29, 0.717) is 11.6 Å². The first-order valence-corrected chi connectivity index (χ1v) is 8.64. The minimum atomic E-state index is 0.292. The van der Waals surface area contributed by atoms with Crippen LogP contribution in [-0.4, -0.2) is 29.6 Å². The highest BCUT2D eigenvalue weighted by atomic mass is 35.5. The molecule has 0 aromatic heterocycles. The zero-order valence-electron chi connectivity index (χ0n) is 13.5. The molecule has 3 rings (SSSR count). The Morgan fingerprint density at radius 1 is 1.38 bits per heavy atom. The number of nitrogens with zero attached hydrogens (tertiary/aromatic N) is 1. The van der Waals surface area contributed by atoms with E-state index >= 15 is 0 Å². The molecule has 0 radical (unpaired) electrons. The molecule has 1 saturated carbocycles. The largest absolute Gasteiger partial charge is 0.311 e. The van der Waals surface area contributed by atoms with Gasteiger partial charge in [-0.25, -0.2) is 0 Å². The summed E-state index contributed by atoms with van der Waals surface area (Å²) in [5.74, 6) is 0.854. The van der Waals surface area contributed by atoms with Crippen LogP contribution in [0, 0.1) is 12.8 Å². The molecule has 3 heteroatoms. The maximum absolute atomic E-state index is 6.47. The van der Waals surface area contributed by atoms with E-state index in [1.54, 1.807) is 0 Å². The predicted molar refractivity (Wildman–Crippen MR) is 89.8 cm³/mol. The topological polar surface area (TPSA) is 15.3 Å². The van der Waals surface area contributed by atoms with Crippen LogP contribution in [0.15, 0.2) is 18.2 Å². The fourth-order valence-electron chi connectivity index (χ4n) is 3.61. The second kappa shape index (κ2) is 5.91. The highest BCUT2D eigenvalue weighted by Crippen LogP contribution is 2.44. The quantitative estimate of drug-likeness (QED) is 0.904. The average molecular weight is 307 g/mol. The highest BCUT2D eigenvalue weighted by Gasteiger charge is 2.47. The van der Waals surface area contributed by atoms with Crippen molar-refractivity contribution in [1.29, 1.82) is 0 Å². The van der Waals surface area contributed by atoms with E-state index in [-0.39, 0.29) is 0 Å². The molecule has 1 aromatic carbocycles. The molecule has 116 valence electrons. The lowest BCUT2D eigenvalue weighted by Crippen LogP contribution is -2.63. The van der Waals surface area contributed by atoms with Crippen LogP contribution in [0.1, 0.15) is 44.2 Å². The summed E-state index contributed by atoms with van der Waals surface area (Å²) < 4.78 is 0. The second-order valence-electron chi connectivity index (χ2n) is 7.09. The minimum Gasteiger partial charge on any atom is -0.311 e. The number of hydrogen-bond acceptors (Lipinski definition) is 2. The Morgan fingerprint density at radius 2 is 2.14 bits per heavy atom. The molecule has 2 aliphatic rings. The molecule has 1 saturated heterocycles. The summed E-state index contributed by atoms with van der Waals surface area (Å²) in [7, 11) is 0. The van der Waals surface area contributed by atoms with Crippen LogP contribution in [0.2, 0.25) is 5.02 Å². The van der Waals surface area contributed by atoms with E-state index in [0.717, 1.165) is 30.6 Å². The van der Waals surface area contributed by atoms with Gasteiger partial charge in [0.15, 0.2) is 0 Å². The van der Waals surface area contributed by atoms with Gasteiger partial charge in [-0.2, -0.15) is 0 Å². The van der Waals surface area contributed by atoms with E-state index in [4.69, 9.17) is 11.6 Å². The Labute approximate surface area is 133 Å². The second-order valence-corrected chi connectivity index (χ2v) is 7.50. The van der Waals surface area contributed by atoms with E-state index in [1.165, 1.54) is 30.4 Å². The van der Waals surface area contributed by atoms with E-state index in [1.807, 2.05) is 0 Å². The fraction of sp³-hybridized carbons (Fsp3) is 0.667. The third-order valence-electron chi connectivity index (χ3n) is 5.43. The Morgan fingerprint density at radius 3 is 2.76 bits per heavy atom. The summed E-state index contributed by atoms with van der Waals surface area (Å²) >= 11 is 6.47. The van der Waals surface area contributed by atoms with Gasteiger partial charge in [0, 0.05) is 36.2 Å². The van der Waals surface area contributed by atoms with Crippen LogP contribution >= 0.6 is 11.6 Å². The van der Waals surface area contributed by atoms with Gasteiger partial charge in [0.1, 0.15) is 0 Å². The number of nitrogens with one attached hydrogen (secondary N) is 1. The molecule has 2 atom stereocenters. The van der Waals surface area contributed by atoms with Crippen molar-refractivity contribution in [3.63, 3.8) is 0 Å². The first-order chi connectivity index (χ1) is 10.0. The lowest BCUT2D eigenvalue weighted by molar-refractivity contribution is 0.0271. The average Bonchev–Trinajstić information content (AvgIpc) is 3.29. The summed E-state index contributed by atoms with van der Waals surface area (Å²) in [6.45, 7) is 10.0. The molecule has 0 spiro atoms. The van der Waals surface area contributed by atoms with Crippen molar-refractivity contribution in [2.45, 2.75) is 58.2 Å². The molecule has 1 aliphatic heterocycles. The lowest BCUT2D eigenvalue weighted by atomic mass is 9.88. The van der Waals surface area contributed by atoms with Gasteiger partial charge in [-0.15, -0.1) is 0 Å². The van der Waals surface area contributed by atoms with Crippen molar-refractivity contribution in [3.8, 4) is 0 Å². The molecular weight excluding hydrogens is 280 g/mol. The predicted octanol–water partition coefficient (Wildman–Crippen LogP) is 4.00. The van der Waals surface area contributed by atoms with Crippen molar-refractivity contribution < 1.29 is 0 Å². The molecular formula is C18H27ClN2. The summed E-state index contributed by atoms with van der Waals surface area (Å²) in [6.07, 6.45) is 3.96. The van der Waals surface area contributed by atoms with Crippen molar-refractivity contribution in [2.24, 2.45) is 5.92 Å². The van der Waals surface area contributed by atoms with E-state index < -0.39 is 0 Å². The van der Waals surface area contributed by atoms with Crippen LogP contribution < -0.4 is 5.32 Å². The smallest absolute Gasteiger partial charge is 0.0453 e. The van der Waals surface area contributed by atoms with Gasteiger partial charge >= 0.3 is 0 Å². The SMILES string of the molecule is CCC1CN(Cc2ccc(C)cc2Cl)C(C)(C2CC2)CN1. The lowest BCUT2D eigenvalue weighted by Gasteiger charge is -2.49. The molecule has 1 aliphatic carbocycles. The van der Waals surface area contributed by atoms with Crippen LogP contribution in [0.4, 0.5) is 0 Å². The van der Waals surface area contributed by atoms with Gasteiger partial charge in [-0.1, -0.05) is 30.7 Å². The van der Waals surface area contributed by atoms with E-state index in [2.05, 4.69) is 49.2 Å². The van der Waals surface area contributed by atoms with Crippen molar-refractivity contribution in [1.82, 2.24) is 10.2 Å². The summed E-state index contributed by atoms with van der Waals surface area (Å²) in [5.41, 5.74) is 2.80. The number of benzene rings is 1. The molecule has 2 nitrogen and oxygen atoms in total.